The summed E-state index contributed by atoms with van der Waals surface area (Å²) in [7, 11) is 0. The first kappa shape index (κ1) is 10.1. The van der Waals surface area contributed by atoms with Gasteiger partial charge in [0.15, 0.2) is 0 Å². The molecule has 0 bridgehead atoms. The Labute approximate surface area is 93.0 Å². The van der Waals surface area contributed by atoms with Gasteiger partial charge in [0.1, 0.15) is 5.25 Å². The molecular weight excluding hydrogens is 208 g/mol. The first-order valence-corrected chi connectivity index (χ1v) is 5.10. The Kier molecular flexibility index (Phi) is 2.64. The van der Waals surface area contributed by atoms with Crippen molar-refractivity contribution < 1.29 is 9.90 Å². The fourth-order valence-electron chi connectivity index (χ4n) is 1.62. The molecule has 1 N–H and O–H groups in total. The number of carbonyl (C=O) groups is 1. The van der Waals surface area contributed by atoms with E-state index >= 15 is 0 Å². The maximum atomic E-state index is 10.9. The first-order valence-electron chi connectivity index (χ1n) is 4.58. The SMILES string of the molecule is O=C(O)C(S)c1cccc2ccccc12. The van der Waals surface area contributed by atoms with Gasteiger partial charge in [-0.15, -0.1) is 0 Å². The van der Waals surface area contributed by atoms with Crippen molar-refractivity contribution in [3.63, 3.8) is 0 Å². The minimum absolute atomic E-state index is 0.740. The van der Waals surface area contributed by atoms with Crippen LogP contribution in [0.1, 0.15) is 10.8 Å². The van der Waals surface area contributed by atoms with Gasteiger partial charge in [-0.05, 0) is 16.3 Å². The summed E-state index contributed by atoms with van der Waals surface area (Å²) in [6.07, 6.45) is 0. The van der Waals surface area contributed by atoms with Crippen molar-refractivity contribution in [1.29, 1.82) is 0 Å². The molecule has 1 atom stereocenters. The van der Waals surface area contributed by atoms with Crippen molar-refractivity contribution in [1.82, 2.24) is 0 Å². The van der Waals surface area contributed by atoms with Crippen molar-refractivity contribution in [2.45, 2.75) is 5.25 Å². The molecule has 0 amide bonds. The summed E-state index contributed by atoms with van der Waals surface area (Å²) >= 11 is 4.09. The summed E-state index contributed by atoms with van der Waals surface area (Å²) in [5.41, 5.74) is 0.740. The molecule has 2 nitrogen and oxygen atoms in total. The lowest BCUT2D eigenvalue weighted by Gasteiger charge is -2.09. The van der Waals surface area contributed by atoms with E-state index in [0.717, 1.165) is 16.3 Å². The number of thiol groups is 1. The van der Waals surface area contributed by atoms with Crippen LogP contribution in [0.2, 0.25) is 0 Å². The zero-order chi connectivity index (χ0) is 10.8. The standard InChI is InChI=1S/C12H10O2S/c13-12(14)11(15)10-7-3-5-8-4-1-2-6-9(8)10/h1-7,11,15H,(H,13,14). The number of hydrogen-bond acceptors (Lipinski definition) is 2. The zero-order valence-corrected chi connectivity index (χ0v) is 8.82. The van der Waals surface area contributed by atoms with Gasteiger partial charge in [0.25, 0.3) is 0 Å². The average Bonchev–Trinajstić information content (AvgIpc) is 2.27. The smallest absolute Gasteiger partial charge is 0.320 e. The Hall–Kier alpha value is -1.48. The molecule has 0 aliphatic carbocycles. The van der Waals surface area contributed by atoms with Crippen LogP contribution in [-0.2, 0) is 4.79 Å². The summed E-state index contributed by atoms with van der Waals surface area (Å²) in [6.45, 7) is 0. The third kappa shape index (κ3) is 1.83. The minimum atomic E-state index is -0.922. The highest BCUT2D eigenvalue weighted by molar-refractivity contribution is 7.81. The Bertz CT molecular complexity index is 502. The Morgan fingerprint density at radius 3 is 2.53 bits per heavy atom. The second-order valence-corrected chi connectivity index (χ2v) is 3.83. The molecule has 0 aromatic heterocycles. The number of carboxylic acids is 1. The average molecular weight is 218 g/mol. The molecule has 2 rings (SSSR count). The molecule has 2 aromatic rings. The van der Waals surface area contributed by atoms with Crippen LogP contribution in [0.15, 0.2) is 42.5 Å². The van der Waals surface area contributed by atoms with Crippen LogP contribution >= 0.6 is 12.6 Å². The van der Waals surface area contributed by atoms with Gasteiger partial charge < -0.3 is 5.11 Å². The molecule has 0 heterocycles. The summed E-state index contributed by atoms with van der Waals surface area (Å²) in [5, 5.41) is 10.1. The highest BCUT2D eigenvalue weighted by Gasteiger charge is 2.16. The van der Waals surface area contributed by atoms with Gasteiger partial charge >= 0.3 is 5.97 Å². The number of fused-ring (bicyclic) bond motifs is 1. The Morgan fingerprint density at radius 2 is 1.80 bits per heavy atom. The molecule has 1 unspecified atom stereocenters. The monoisotopic (exact) mass is 218 g/mol. The molecule has 0 fully saturated rings. The van der Waals surface area contributed by atoms with Gasteiger partial charge in [-0.1, -0.05) is 42.5 Å². The van der Waals surface area contributed by atoms with Crippen LogP contribution in [0.3, 0.4) is 0 Å². The second-order valence-electron chi connectivity index (χ2n) is 3.31. The minimum Gasteiger partial charge on any atom is -0.480 e. The number of hydrogen-bond donors (Lipinski definition) is 2. The van der Waals surface area contributed by atoms with Crippen molar-refractivity contribution >= 4 is 29.4 Å². The fourth-order valence-corrected chi connectivity index (χ4v) is 1.85. The first-order chi connectivity index (χ1) is 7.20. The lowest BCUT2D eigenvalue weighted by atomic mass is 10.0. The largest absolute Gasteiger partial charge is 0.480 e. The third-order valence-corrected chi connectivity index (χ3v) is 2.85. The summed E-state index contributed by atoms with van der Waals surface area (Å²) in [4.78, 5) is 10.9. The lowest BCUT2D eigenvalue weighted by Crippen LogP contribution is -2.05. The van der Waals surface area contributed by atoms with Crippen LogP contribution in [0.25, 0.3) is 10.8 Å². The number of rotatable bonds is 2. The molecule has 0 aliphatic rings. The molecule has 76 valence electrons. The Morgan fingerprint density at radius 1 is 1.13 bits per heavy atom. The van der Waals surface area contributed by atoms with Gasteiger partial charge in [0.05, 0.1) is 0 Å². The third-order valence-electron chi connectivity index (χ3n) is 2.35. The summed E-state index contributed by atoms with van der Waals surface area (Å²) < 4.78 is 0. The van der Waals surface area contributed by atoms with Gasteiger partial charge in [0, 0.05) is 0 Å². The van der Waals surface area contributed by atoms with E-state index in [0.29, 0.717) is 0 Å². The van der Waals surface area contributed by atoms with E-state index in [9.17, 15) is 4.79 Å². The maximum absolute atomic E-state index is 10.9. The zero-order valence-electron chi connectivity index (χ0n) is 7.92. The van der Waals surface area contributed by atoms with E-state index in [4.69, 9.17) is 5.11 Å². The van der Waals surface area contributed by atoms with Gasteiger partial charge in [-0.25, -0.2) is 0 Å². The van der Waals surface area contributed by atoms with Gasteiger partial charge in [-0.3, -0.25) is 4.79 Å². The van der Waals surface area contributed by atoms with Crippen molar-refractivity contribution in [3.8, 4) is 0 Å². The molecule has 0 aliphatic heterocycles. The predicted molar refractivity (Wildman–Crippen MR) is 63.3 cm³/mol. The molecule has 2 aromatic carbocycles. The van der Waals surface area contributed by atoms with Crippen molar-refractivity contribution in [3.05, 3.63) is 48.0 Å². The maximum Gasteiger partial charge on any atom is 0.320 e. The summed E-state index contributed by atoms with van der Waals surface area (Å²) in [6, 6.07) is 13.3. The van der Waals surface area contributed by atoms with Crippen molar-refractivity contribution in [2.24, 2.45) is 0 Å². The van der Waals surface area contributed by atoms with E-state index in [1.54, 1.807) is 6.07 Å². The summed E-state index contributed by atoms with van der Waals surface area (Å²) in [5.74, 6) is -0.922. The van der Waals surface area contributed by atoms with E-state index < -0.39 is 11.2 Å². The van der Waals surface area contributed by atoms with Crippen LogP contribution in [0, 0.1) is 0 Å². The molecule has 3 heteroatoms. The number of aliphatic carboxylic acids is 1. The molecule has 15 heavy (non-hydrogen) atoms. The predicted octanol–water partition coefficient (Wildman–Crippen LogP) is 2.90. The van der Waals surface area contributed by atoms with Crippen molar-refractivity contribution in [2.75, 3.05) is 0 Å². The molecule has 0 saturated carbocycles. The molecule has 0 radical (unpaired) electrons. The van der Waals surface area contributed by atoms with E-state index in [-0.39, 0.29) is 0 Å². The second kappa shape index (κ2) is 3.95. The topological polar surface area (TPSA) is 37.3 Å². The molecular formula is C12H10O2S. The molecule has 0 spiro atoms. The fraction of sp³-hybridized carbons (Fsp3) is 0.0833. The van der Waals surface area contributed by atoms with E-state index in [2.05, 4.69) is 12.6 Å². The van der Waals surface area contributed by atoms with Crippen LogP contribution in [0.5, 0.6) is 0 Å². The van der Waals surface area contributed by atoms with Gasteiger partial charge in [0.2, 0.25) is 0 Å². The highest BCUT2D eigenvalue weighted by atomic mass is 32.1. The van der Waals surface area contributed by atoms with Gasteiger partial charge in [-0.2, -0.15) is 12.6 Å². The lowest BCUT2D eigenvalue weighted by molar-refractivity contribution is -0.136. The van der Waals surface area contributed by atoms with Crippen LogP contribution in [0.4, 0.5) is 0 Å². The Balaban J connectivity index is 2.65. The molecule has 0 saturated heterocycles. The number of benzene rings is 2. The van der Waals surface area contributed by atoms with E-state index in [1.807, 2.05) is 36.4 Å². The van der Waals surface area contributed by atoms with E-state index in [1.165, 1.54) is 0 Å². The van der Waals surface area contributed by atoms with Crippen LogP contribution in [-0.4, -0.2) is 11.1 Å². The normalized spacial score (nSPS) is 12.6. The van der Waals surface area contributed by atoms with Crippen LogP contribution < -0.4 is 0 Å². The quantitative estimate of drug-likeness (QED) is 0.760. The number of carboxylic acid groups (broad SMARTS) is 1. The highest BCUT2D eigenvalue weighted by Crippen LogP contribution is 2.28.